The second kappa shape index (κ2) is 6.03. The van der Waals surface area contributed by atoms with Crippen molar-refractivity contribution in [3.8, 4) is 0 Å². The van der Waals surface area contributed by atoms with Gasteiger partial charge in [-0.25, -0.2) is 0 Å². The zero-order chi connectivity index (χ0) is 13.9. The molecule has 19 heavy (non-hydrogen) atoms. The van der Waals surface area contributed by atoms with Crippen LogP contribution in [0.4, 0.5) is 0 Å². The predicted molar refractivity (Wildman–Crippen MR) is 74.1 cm³/mol. The number of aryl methyl sites for hydroxylation is 2. The van der Waals surface area contributed by atoms with Gasteiger partial charge in [0.15, 0.2) is 0 Å². The molecule has 108 valence electrons. The lowest BCUT2D eigenvalue weighted by Crippen LogP contribution is -2.44. The highest BCUT2D eigenvalue weighted by molar-refractivity contribution is 5.24. The van der Waals surface area contributed by atoms with E-state index in [4.69, 9.17) is 4.74 Å². The third kappa shape index (κ3) is 3.35. The third-order valence-electron chi connectivity index (χ3n) is 4.01. The number of hydrogen-bond acceptors (Lipinski definition) is 4. The Balaban J connectivity index is 1.90. The van der Waals surface area contributed by atoms with Gasteiger partial charge in [-0.2, -0.15) is 5.10 Å². The fourth-order valence-corrected chi connectivity index (χ4v) is 2.65. The summed E-state index contributed by atoms with van der Waals surface area (Å²) in [5.74, 6) is 0. The molecule has 0 radical (unpaired) electrons. The normalized spacial score (nSPS) is 18.7. The van der Waals surface area contributed by atoms with Crippen molar-refractivity contribution in [2.45, 2.75) is 52.3 Å². The van der Waals surface area contributed by atoms with E-state index < -0.39 is 5.60 Å². The summed E-state index contributed by atoms with van der Waals surface area (Å²) in [7, 11) is 0. The minimum absolute atomic E-state index is 0.610. The van der Waals surface area contributed by atoms with Gasteiger partial charge in [0.2, 0.25) is 0 Å². The molecule has 1 aliphatic heterocycles. The Labute approximate surface area is 115 Å². The highest BCUT2D eigenvalue weighted by Gasteiger charge is 2.29. The number of rotatable bonds is 5. The molecular weight excluding hydrogens is 242 g/mol. The van der Waals surface area contributed by atoms with Gasteiger partial charge in [0.25, 0.3) is 0 Å². The zero-order valence-corrected chi connectivity index (χ0v) is 12.2. The van der Waals surface area contributed by atoms with Crippen molar-refractivity contribution in [3.63, 3.8) is 0 Å². The molecule has 1 fully saturated rings. The molecule has 0 spiro atoms. The predicted octanol–water partition coefficient (Wildman–Crippen LogP) is 1.15. The summed E-state index contributed by atoms with van der Waals surface area (Å²) < 4.78 is 7.31. The smallest absolute Gasteiger partial charge is 0.0815 e. The van der Waals surface area contributed by atoms with Gasteiger partial charge in [-0.05, 0) is 20.8 Å². The second-order valence-corrected chi connectivity index (χ2v) is 5.41. The molecule has 0 saturated carbocycles. The monoisotopic (exact) mass is 267 g/mol. The fourth-order valence-electron chi connectivity index (χ4n) is 2.65. The first-order valence-corrected chi connectivity index (χ1v) is 7.09. The summed E-state index contributed by atoms with van der Waals surface area (Å²) in [6, 6.07) is 0. The molecule has 0 aromatic carbocycles. The van der Waals surface area contributed by atoms with E-state index >= 15 is 0 Å². The lowest BCUT2D eigenvalue weighted by Gasteiger charge is -2.32. The van der Waals surface area contributed by atoms with Crippen LogP contribution in [0.15, 0.2) is 0 Å². The first-order valence-electron chi connectivity index (χ1n) is 7.09. The zero-order valence-electron chi connectivity index (χ0n) is 12.2. The number of hydrogen-bond donors (Lipinski definition) is 2. The molecule has 1 saturated heterocycles. The maximum Gasteiger partial charge on any atom is 0.0815 e. The highest BCUT2D eigenvalue weighted by atomic mass is 16.5. The van der Waals surface area contributed by atoms with Gasteiger partial charge >= 0.3 is 0 Å². The Hall–Kier alpha value is -0.910. The first-order chi connectivity index (χ1) is 9.06. The summed E-state index contributed by atoms with van der Waals surface area (Å²) in [6.45, 7) is 9.83. The average Bonchev–Trinajstić information content (AvgIpc) is 2.66. The van der Waals surface area contributed by atoms with E-state index in [1.54, 1.807) is 0 Å². The van der Waals surface area contributed by atoms with Gasteiger partial charge in [0.1, 0.15) is 0 Å². The van der Waals surface area contributed by atoms with E-state index in [9.17, 15) is 5.11 Å². The Kier molecular flexibility index (Phi) is 4.60. The molecule has 1 aromatic rings. The van der Waals surface area contributed by atoms with Crippen LogP contribution in [0.25, 0.3) is 0 Å². The van der Waals surface area contributed by atoms with Crippen molar-refractivity contribution >= 4 is 0 Å². The van der Waals surface area contributed by atoms with Crippen molar-refractivity contribution in [2.75, 3.05) is 19.8 Å². The summed E-state index contributed by atoms with van der Waals surface area (Å²) in [6.07, 6.45) is 1.43. The molecule has 1 aliphatic rings. The maximum atomic E-state index is 10.4. The van der Waals surface area contributed by atoms with Gasteiger partial charge in [-0.3, -0.25) is 4.68 Å². The maximum absolute atomic E-state index is 10.4. The van der Waals surface area contributed by atoms with Crippen molar-refractivity contribution in [1.29, 1.82) is 0 Å². The quantitative estimate of drug-likeness (QED) is 0.840. The summed E-state index contributed by atoms with van der Waals surface area (Å²) in [4.78, 5) is 0. The van der Waals surface area contributed by atoms with Gasteiger partial charge in [-0.15, -0.1) is 0 Å². The first kappa shape index (κ1) is 14.5. The molecule has 2 rings (SSSR count). The Morgan fingerprint density at radius 1 is 1.37 bits per heavy atom. The number of aromatic nitrogens is 2. The summed E-state index contributed by atoms with van der Waals surface area (Å²) in [5, 5.41) is 18.3. The van der Waals surface area contributed by atoms with Crippen LogP contribution in [0, 0.1) is 13.8 Å². The molecule has 0 aliphatic carbocycles. The van der Waals surface area contributed by atoms with Crippen LogP contribution in [0.3, 0.4) is 0 Å². The van der Waals surface area contributed by atoms with Gasteiger partial charge in [0.05, 0.1) is 11.3 Å². The molecule has 0 bridgehead atoms. The topological polar surface area (TPSA) is 59.3 Å². The molecule has 1 aromatic heterocycles. The molecule has 0 unspecified atom stereocenters. The second-order valence-electron chi connectivity index (χ2n) is 5.41. The fraction of sp³-hybridized carbons (Fsp3) is 0.786. The number of ether oxygens (including phenoxy) is 1. The summed E-state index contributed by atoms with van der Waals surface area (Å²) in [5.41, 5.74) is 2.93. The van der Waals surface area contributed by atoms with E-state index in [0.717, 1.165) is 18.8 Å². The average molecular weight is 267 g/mol. The van der Waals surface area contributed by atoms with Crippen LogP contribution in [0.5, 0.6) is 0 Å². The lowest BCUT2D eigenvalue weighted by molar-refractivity contribution is -0.0617. The lowest BCUT2D eigenvalue weighted by atomic mass is 9.94. The van der Waals surface area contributed by atoms with Crippen molar-refractivity contribution in [2.24, 2.45) is 0 Å². The summed E-state index contributed by atoms with van der Waals surface area (Å²) >= 11 is 0. The molecule has 0 atom stereocenters. The van der Waals surface area contributed by atoms with Gasteiger partial charge in [-0.1, -0.05) is 0 Å². The van der Waals surface area contributed by atoms with E-state index in [1.165, 1.54) is 11.3 Å². The van der Waals surface area contributed by atoms with Crippen LogP contribution in [0.2, 0.25) is 0 Å². The van der Waals surface area contributed by atoms with Crippen LogP contribution in [0.1, 0.15) is 36.7 Å². The standard InChI is InChI=1S/C14H25N3O2/c1-4-17-12(3)13(11(2)16-17)9-15-10-14(18)5-7-19-8-6-14/h15,18H,4-10H2,1-3H3. The molecule has 5 heteroatoms. The molecule has 2 N–H and O–H groups in total. The Morgan fingerprint density at radius 3 is 2.63 bits per heavy atom. The Bertz CT molecular complexity index is 423. The van der Waals surface area contributed by atoms with Crippen LogP contribution in [-0.2, 0) is 17.8 Å². The van der Waals surface area contributed by atoms with Crippen LogP contribution >= 0.6 is 0 Å². The van der Waals surface area contributed by atoms with Crippen molar-refractivity contribution in [3.05, 3.63) is 17.0 Å². The third-order valence-corrected chi connectivity index (χ3v) is 4.01. The molecular formula is C14H25N3O2. The number of aliphatic hydroxyl groups is 1. The molecule has 0 amide bonds. The number of nitrogens with one attached hydrogen (secondary N) is 1. The van der Waals surface area contributed by atoms with E-state index in [1.807, 2.05) is 11.6 Å². The number of nitrogens with zero attached hydrogens (tertiary/aromatic N) is 2. The van der Waals surface area contributed by atoms with E-state index in [-0.39, 0.29) is 0 Å². The van der Waals surface area contributed by atoms with Crippen LogP contribution < -0.4 is 5.32 Å². The van der Waals surface area contributed by atoms with Gasteiger partial charge < -0.3 is 15.2 Å². The van der Waals surface area contributed by atoms with E-state index in [0.29, 0.717) is 32.6 Å². The van der Waals surface area contributed by atoms with Crippen LogP contribution in [-0.4, -0.2) is 40.2 Å². The largest absolute Gasteiger partial charge is 0.388 e. The van der Waals surface area contributed by atoms with E-state index in [2.05, 4.69) is 24.3 Å². The highest BCUT2D eigenvalue weighted by Crippen LogP contribution is 2.20. The van der Waals surface area contributed by atoms with Gasteiger partial charge in [0, 0.05) is 56.9 Å². The van der Waals surface area contributed by atoms with Crippen molar-refractivity contribution < 1.29 is 9.84 Å². The minimum Gasteiger partial charge on any atom is -0.388 e. The minimum atomic E-state index is -0.610. The molecule has 5 nitrogen and oxygen atoms in total. The van der Waals surface area contributed by atoms with Crippen molar-refractivity contribution in [1.82, 2.24) is 15.1 Å². The SMILES string of the molecule is CCn1nc(C)c(CNCC2(O)CCOCC2)c1C. The Morgan fingerprint density at radius 2 is 2.05 bits per heavy atom. The molecule has 2 heterocycles.